The Labute approximate surface area is 162 Å². The van der Waals surface area contributed by atoms with Gasteiger partial charge in [0.1, 0.15) is 0 Å². The van der Waals surface area contributed by atoms with E-state index in [-0.39, 0.29) is 16.9 Å². The first-order valence-corrected chi connectivity index (χ1v) is 10.6. The van der Waals surface area contributed by atoms with Gasteiger partial charge in [-0.1, -0.05) is 12.8 Å². The summed E-state index contributed by atoms with van der Waals surface area (Å²) in [5, 5.41) is 0. The molecule has 1 aliphatic carbocycles. The Bertz CT molecular complexity index is 726. The van der Waals surface area contributed by atoms with Crippen molar-refractivity contribution in [1.82, 2.24) is 14.4 Å². The van der Waals surface area contributed by atoms with Gasteiger partial charge in [0.2, 0.25) is 5.91 Å². The summed E-state index contributed by atoms with van der Waals surface area (Å²) in [7, 11) is 0. The standard InChI is InChI=1S/C22H33N3O2/c1-21(2,3)24-13-9-17(15-24)19(26)23-14-11-22(16-23)10-6-12-25(20(22)27)18-7-4-5-8-18/h9,13,15,18H,4-8,10-12,14,16H2,1-3H3. The maximum atomic E-state index is 13.4. The van der Waals surface area contributed by atoms with E-state index in [2.05, 4.69) is 30.2 Å². The van der Waals surface area contributed by atoms with Gasteiger partial charge < -0.3 is 14.4 Å². The second-order valence-electron chi connectivity index (χ2n) is 9.78. The lowest BCUT2D eigenvalue weighted by Gasteiger charge is -2.42. The van der Waals surface area contributed by atoms with Crippen molar-refractivity contribution in [3.63, 3.8) is 0 Å². The molecule has 4 rings (SSSR count). The fourth-order valence-corrected chi connectivity index (χ4v) is 5.21. The molecule has 3 heterocycles. The summed E-state index contributed by atoms with van der Waals surface area (Å²) in [4.78, 5) is 30.5. The number of nitrogens with zero attached hydrogens (tertiary/aromatic N) is 3. The smallest absolute Gasteiger partial charge is 0.255 e. The van der Waals surface area contributed by atoms with E-state index in [1.807, 2.05) is 23.4 Å². The minimum Gasteiger partial charge on any atom is -0.348 e. The second-order valence-corrected chi connectivity index (χ2v) is 9.78. The van der Waals surface area contributed by atoms with Crippen LogP contribution in [-0.4, -0.2) is 51.9 Å². The summed E-state index contributed by atoms with van der Waals surface area (Å²) in [6.45, 7) is 8.59. The molecule has 3 fully saturated rings. The van der Waals surface area contributed by atoms with Crippen molar-refractivity contribution >= 4 is 11.8 Å². The van der Waals surface area contributed by atoms with Gasteiger partial charge in [0.05, 0.1) is 11.0 Å². The molecule has 1 spiro atoms. The molecule has 1 aromatic heterocycles. The number of rotatable bonds is 2. The molecule has 148 valence electrons. The van der Waals surface area contributed by atoms with Gasteiger partial charge in [-0.25, -0.2) is 0 Å². The van der Waals surface area contributed by atoms with Crippen LogP contribution < -0.4 is 0 Å². The number of likely N-dealkylation sites (tertiary alicyclic amines) is 2. The van der Waals surface area contributed by atoms with E-state index in [1.165, 1.54) is 12.8 Å². The third-order valence-electron chi connectivity index (χ3n) is 6.89. The molecule has 27 heavy (non-hydrogen) atoms. The zero-order valence-corrected chi connectivity index (χ0v) is 17.0. The molecule has 5 heteroatoms. The van der Waals surface area contributed by atoms with Gasteiger partial charge in [0.15, 0.2) is 0 Å². The zero-order chi connectivity index (χ0) is 19.2. The van der Waals surface area contributed by atoms with Gasteiger partial charge in [-0.3, -0.25) is 9.59 Å². The molecule has 0 radical (unpaired) electrons. The van der Waals surface area contributed by atoms with Gasteiger partial charge >= 0.3 is 0 Å². The topological polar surface area (TPSA) is 45.6 Å². The molecule has 2 amide bonds. The highest BCUT2D eigenvalue weighted by atomic mass is 16.2. The van der Waals surface area contributed by atoms with Crippen molar-refractivity contribution in [2.75, 3.05) is 19.6 Å². The molecule has 5 nitrogen and oxygen atoms in total. The van der Waals surface area contributed by atoms with E-state index < -0.39 is 0 Å². The fourth-order valence-electron chi connectivity index (χ4n) is 5.21. The number of piperidine rings is 1. The number of hydrogen-bond donors (Lipinski definition) is 0. The predicted molar refractivity (Wildman–Crippen MR) is 106 cm³/mol. The van der Waals surface area contributed by atoms with Crippen LogP contribution in [0.1, 0.15) is 76.1 Å². The normalized spacial score (nSPS) is 27.1. The number of carbonyl (C=O) groups excluding carboxylic acids is 2. The molecular weight excluding hydrogens is 338 g/mol. The fraction of sp³-hybridized carbons (Fsp3) is 0.727. The van der Waals surface area contributed by atoms with Crippen LogP contribution in [0.3, 0.4) is 0 Å². The number of aromatic nitrogens is 1. The quantitative estimate of drug-likeness (QED) is 0.797. The molecular formula is C22H33N3O2. The molecule has 2 aliphatic heterocycles. The minimum atomic E-state index is -0.330. The molecule has 2 saturated heterocycles. The summed E-state index contributed by atoms with van der Waals surface area (Å²) < 4.78 is 2.08. The number of hydrogen-bond acceptors (Lipinski definition) is 2. The molecule has 3 aliphatic rings. The minimum absolute atomic E-state index is 0.0358. The highest BCUT2D eigenvalue weighted by Crippen LogP contribution is 2.42. The van der Waals surface area contributed by atoms with Crippen LogP contribution in [0.5, 0.6) is 0 Å². The van der Waals surface area contributed by atoms with Crippen LogP contribution in [0.4, 0.5) is 0 Å². The predicted octanol–water partition coefficient (Wildman–Crippen LogP) is 3.64. The first-order chi connectivity index (χ1) is 12.8. The molecule has 1 saturated carbocycles. The molecule has 0 bridgehead atoms. The van der Waals surface area contributed by atoms with Crippen molar-refractivity contribution in [2.24, 2.45) is 5.41 Å². The van der Waals surface area contributed by atoms with E-state index in [4.69, 9.17) is 0 Å². The van der Waals surface area contributed by atoms with Crippen molar-refractivity contribution in [3.8, 4) is 0 Å². The van der Waals surface area contributed by atoms with Crippen molar-refractivity contribution in [3.05, 3.63) is 24.0 Å². The van der Waals surface area contributed by atoms with Crippen LogP contribution in [0.15, 0.2) is 18.5 Å². The number of amides is 2. The van der Waals surface area contributed by atoms with Gasteiger partial charge in [-0.15, -0.1) is 0 Å². The Hall–Kier alpha value is -1.78. The van der Waals surface area contributed by atoms with Gasteiger partial charge in [0.25, 0.3) is 5.91 Å². The van der Waals surface area contributed by atoms with E-state index in [0.717, 1.165) is 44.2 Å². The van der Waals surface area contributed by atoms with Crippen LogP contribution >= 0.6 is 0 Å². The first kappa shape index (κ1) is 18.6. The highest BCUT2D eigenvalue weighted by molar-refractivity contribution is 5.95. The maximum Gasteiger partial charge on any atom is 0.255 e. The number of carbonyl (C=O) groups is 2. The second kappa shape index (κ2) is 6.68. The van der Waals surface area contributed by atoms with E-state index >= 15 is 0 Å². The first-order valence-electron chi connectivity index (χ1n) is 10.6. The SMILES string of the molecule is CC(C)(C)n1ccc(C(=O)N2CCC3(CCCN(C4CCCC4)C3=O)C2)c1. The lowest BCUT2D eigenvalue weighted by atomic mass is 9.77. The lowest BCUT2D eigenvalue weighted by Crippen LogP contribution is -2.53. The molecule has 1 unspecified atom stereocenters. The van der Waals surface area contributed by atoms with Crippen LogP contribution in [0, 0.1) is 5.41 Å². The Morgan fingerprint density at radius 3 is 2.52 bits per heavy atom. The van der Waals surface area contributed by atoms with Crippen LogP contribution in [0.2, 0.25) is 0 Å². The molecule has 1 aromatic rings. The summed E-state index contributed by atoms with van der Waals surface area (Å²) in [6, 6.07) is 2.35. The van der Waals surface area contributed by atoms with E-state index in [0.29, 0.717) is 25.0 Å². The highest BCUT2D eigenvalue weighted by Gasteiger charge is 2.50. The molecule has 0 N–H and O–H groups in total. The van der Waals surface area contributed by atoms with E-state index in [9.17, 15) is 9.59 Å². The average Bonchev–Trinajstić information content (AvgIpc) is 3.37. The lowest BCUT2D eigenvalue weighted by molar-refractivity contribution is -0.148. The Kier molecular flexibility index (Phi) is 4.59. The van der Waals surface area contributed by atoms with Crippen molar-refractivity contribution in [2.45, 2.75) is 77.3 Å². The average molecular weight is 372 g/mol. The summed E-state index contributed by atoms with van der Waals surface area (Å²) in [5.41, 5.74) is 0.368. The molecule has 0 aromatic carbocycles. The Morgan fingerprint density at radius 2 is 1.85 bits per heavy atom. The zero-order valence-electron chi connectivity index (χ0n) is 17.0. The van der Waals surface area contributed by atoms with Gasteiger partial charge in [0, 0.05) is 43.6 Å². The summed E-state index contributed by atoms with van der Waals surface area (Å²) >= 11 is 0. The van der Waals surface area contributed by atoms with Crippen molar-refractivity contribution < 1.29 is 9.59 Å². The van der Waals surface area contributed by atoms with Crippen LogP contribution in [-0.2, 0) is 10.3 Å². The van der Waals surface area contributed by atoms with Crippen LogP contribution in [0.25, 0.3) is 0 Å². The maximum absolute atomic E-state index is 13.4. The Balaban J connectivity index is 1.48. The van der Waals surface area contributed by atoms with Crippen molar-refractivity contribution in [1.29, 1.82) is 0 Å². The third-order valence-corrected chi connectivity index (χ3v) is 6.89. The largest absolute Gasteiger partial charge is 0.348 e. The summed E-state index contributed by atoms with van der Waals surface area (Å²) in [5.74, 6) is 0.392. The Morgan fingerprint density at radius 1 is 1.11 bits per heavy atom. The monoisotopic (exact) mass is 371 g/mol. The molecule has 1 atom stereocenters. The van der Waals surface area contributed by atoms with Gasteiger partial charge in [-0.05, 0) is 58.9 Å². The third kappa shape index (κ3) is 3.30. The van der Waals surface area contributed by atoms with Gasteiger partial charge in [-0.2, -0.15) is 0 Å². The van der Waals surface area contributed by atoms with E-state index in [1.54, 1.807) is 0 Å². The summed E-state index contributed by atoms with van der Waals surface area (Å²) in [6.07, 6.45) is 11.6.